The molecule has 0 aliphatic heterocycles. The smallest absolute Gasteiger partial charge is 0.219 e. The Morgan fingerprint density at radius 3 is 2.53 bits per heavy atom. The number of aryl methyl sites for hydroxylation is 1. The number of nitriles is 1. The molecule has 0 aliphatic carbocycles. The van der Waals surface area contributed by atoms with E-state index < -0.39 is 5.92 Å². The molecule has 96 valence electrons. The first kappa shape index (κ1) is 13.6. The number of Topliss-reactive ketones (excluding diaryl/α,β-unsaturated/α-hetero) is 1. The lowest BCUT2D eigenvalue weighted by atomic mass is 9.95. The van der Waals surface area contributed by atoms with Crippen molar-refractivity contribution in [3.8, 4) is 6.07 Å². The summed E-state index contributed by atoms with van der Waals surface area (Å²) in [7, 11) is 0. The van der Waals surface area contributed by atoms with Crippen LogP contribution in [0, 0.1) is 11.3 Å². The Morgan fingerprint density at radius 1 is 1.32 bits per heavy atom. The first-order valence-corrected chi connectivity index (χ1v) is 6.73. The zero-order valence-electron chi connectivity index (χ0n) is 10.4. The molecule has 0 bridgehead atoms. The molecule has 4 heteroatoms. The highest BCUT2D eigenvalue weighted by atomic mass is 79.9. The van der Waals surface area contributed by atoms with E-state index >= 15 is 0 Å². The van der Waals surface area contributed by atoms with Crippen LogP contribution in [0.4, 0.5) is 0 Å². The number of hydrogen-bond acceptors (Lipinski definition) is 3. The highest BCUT2D eigenvalue weighted by Gasteiger charge is 2.24. The molecule has 1 heterocycles. The summed E-state index contributed by atoms with van der Waals surface area (Å²) < 4.78 is 6.32. The summed E-state index contributed by atoms with van der Waals surface area (Å²) in [5.41, 5.74) is 0.671. The lowest BCUT2D eigenvalue weighted by Gasteiger charge is -2.06. The molecular weight excluding hydrogens is 306 g/mol. The molecular formula is C15H12BrNO2. The number of rotatable bonds is 4. The number of halogens is 1. The Kier molecular flexibility index (Phi) is 4.18. The molecule has 0 aliphatic rings. The summed E-state index contributed by atoms with van der Waals surface area (Å²) in [5, 5.41) is 9.22. The average molecular weight is 318 g/mol. The van der Waals surface area contributed by atoms with E-state index in [1.165, 1.54) is 0 Å². The van der Waals surface area contributed by atoms with Gasteiger partial charge in [-0.2, -0.15) is 5.26 Å². The van der Waals surface area contributed by atoms with Gasteiger partial charge < -0.3 is 4.42 Å². The van der Waals surface area contributed by atoms with Crippen LogP contribution in [0.1, 0.15) is 34.7 Å². The zero-order valence-corrected chi connectivity index (χ0v) is 12.0. The Labute approximate surface area is 120 Å². The van der Waals surface area contributed by atoms with Gasteiger partial charge in [-0.1, -0.05) is 35.0 Å². The van der Waals surface area contributed by atoms with Crippen LogP contribution in [-0.2, 0) is 6.42 Å². The topological polar surface area (TPSA) is 54.0 Å². The molecule has 0 N–H and O–H groups in total. The lowest BCUT2D eigenvalue weighted by molar-refractivity contribution is 0.0950. The second-order valence-electron chi connectivity index (χ2n) is 4.10. The number of carbonyl (C=O) groups excluding carboxylic acids is 1. The Bertz CT molecular complexity index is 622. The van der Waals surface area contributed by atoms with Crippen molar-refractivity contribution in [1.29, 1.82) is 5.26 Å². The molecule has 0 saturated carbocycles. The number of hydrogen-bond donors (Lipinski definition) is 0. The SMILES string of the molecule is CCc1ccc(C(=O)C(C#N)c2ccc(Br)cc2)o1. The van der Waals surface area contributed by atoms with Crippen molar-refractivity contribution in [2.75, 3.05) is 0 Å². The van der Waals surface area contributed by atoms with Gasteiger partial charge in [0.25, 0.3) is 0 Å². The van der Waals surface area contributed by atoms with Crippen molar-refractivity contribution < 1.29 is 9.21 Å². The van der Waals surface area contributed by atoms with E-state index in [0.29, 0.717) is 5.56 Å². The number of carbonyl (C=O) groups is 1. The van der Waals surface area contributed by atoms with Gasteiger partial charge in [-0.3, -0.25) is 4.79 Å². The van der Waals surface area contributed by atoms with E-state index in [4.69, 9.17) is 4.42 Å². The summed E-state index contributed by atoms with van der Waals surface area (Å²) in [5.74, 6) is -0.143. The molecule has 0 radical (unpaired) electrons. The van der Waals surface area contributed by atoms with E-state index in [1.54, 1.807) is 24.3 Å². The summed E-state index contributed by atoms with van der Waals surface area (Å²) in [4.78, 5) is 12.3. The van der Waals surface area contributed by atoms with Crippen LogP contribution in [0.15, 0.2) is 45.3 Å². The van der Waals surface area contributed by atoms with Gasteiger partial charge in [0.05, 0.1) is 6.07 Å². The van der Waals surface area contributed by atoms with Gasteiger partial charge in [0.15, 0.2) is 5.76 Å². The van der Waals surface area contributed by atoms with E-state index in [0.717, 1.165) is 16.7 Å². The molecule has 0 saturated heterocycles. The standard InChI is InChI=1S/C15H12BrNO2/c1-2-12-7-8-14(19-12)15(18)13(9-17)10-3-5-11(16)6-4-10/h3-8,13H,2H2,1H3. The summed E-state index contributed by atoms with van der Waals surface area (Å²) in [6.07, 6.45) is 0.725. The Balaban J connectivity index is 2.29. The van der Waals surface area contributed by atoms with Gasteiger partial charge in [-0.25, -0.2) is 0 Å². The maximum absolute atomic E-state index is 12.3. The molecule has 2 aromatic rings. The largest absolute Gasteiger partial charge is 0.458 e. The average Bonchev–Trinajstić information content (AvgIpc) is 2.90. The fraction of sp³-hybridized carbons (Fsp3) is 0.200. The van der Waals surface area contributed by atoms with Crippen molar-refractivity contribution in [2.24, 2.45) is 0 Å². The van der Waals surface area contributed by atoms with Crippen LogP contribution in [-0.4, -0.2) is 5.78 Å². The Hall–Kier alpha value is -1.86. The maximum atomic E-state index is 12.3. The Morgan fingerprint density at radius 2 is 2.00 bits per heavy atom. The van der Waals surface area contributed by atoms with Gasteiger partial charge >= 0.3 is 0 Å². The molecule has 1 unspecified atom stereocenters. The van der Waals surface area contributed by atoms with E-state index in [1.807, 2.05) is 25.1 Å². The van der Waals surface area contributed by atoms with Crippen molar-refractivity contribution in [3.63, 3.8) is 0 Å². The predicted molar refractivity (Wildman–Crippen MR) is 74.9 cm³/mol. The molecule has 0 spiro atoms. The third kappa shape index (κ3) is 2.94. The number of nitrogens with zero attached hydrogens (tertiary/aromatic N) is 1. The fourth-order valence-corrected chi connectivity index (χ4v) is 2.05. The summed E-state index contributed by atoms with van der Waals surface area (Å²) in [6, 6.07) is 12.6. The van der Waals surface area contributed by atoms with E-state index in [9.17, 15) is 10.1 Å². The van der Waals surface area contributed by atoms with Gasteiger partial charge in [0.2, 0.25) is 5.78 Å². The third-order valence-electron chi connectivity index (χ3n) is 2.85. The number of benzene rings is 1. The van der Waals surface area contributed by atoms with Crippen LogP contribution in [0.25, 0.3) is 0 Å². The minimum absolute atomic E-state index is 0.242. The quantitative estimate of drug-likeness (QED) is 0.798. The highest BCUT2D eigenvalue weighted by molar-refractivity contribution is 9.10. The molecule has 1 aromatic carbocycles. The first-order valence-electron chi connectivity index (χ1n) is 5.93. The predicted octanol–water partition coefficient (Wildman–Crippen LogP) is 4.09. The van der Waals surface area contributed by atoms with Crippen LogP contribution < -0.4 is 0 Å². The molecule has 3 nitrogen and oxygen atoms in total. The van der Waals surface area contributed by atoms with Crippen LogP contribution in [0.3, 0.4) is 0 Å². The van der Waals surface area contributed by atoms with Crippen LogP contribution in [0.2, 0.25) is 0 Å². The normalized spacial score (nSPS) is 11.8. The summed E-state index contributed by atoms with van der Waals surface area (Å²) >= 11 is 3.32. The fourth-order valence-electron chi connectivity index (χ4n) is 1.78. The number of ketones is 1. The molecule has 19 heavy (non-hydrogen) atoms. The van der Waals surface area contributed by atoms with Gasteiger partial charge in [0, 0.05) is 10.9 Å². The molecule has 0 amide bonds. The first-order chi connectivity index (χ1) is 9.15. The van der Waals surface area contributed by atoms with E-state index in [-0.39, 0.29) is 11.5 Å². The molecule has 0 fully saturated rings. The minimum Gasteiger partial charge on any atom is -0.458 e. The van der Waals surface area contributed by atoms with Gasteiger partial charge in [-0.15, -0.1) is 0 Å². The maximum Gasteiger partial charge on any atom is 0.219 e. The molecule has 1 aromatic heterocycles. The second-order valence-corrected chi connectivity index (χ2v) is 5.01. The van der Waals surface area contributed by atoms with Crippen LogP contribution in [0.5, 0.6) is 0 Å². The highest BCUT2D eigenvalue weighted by Crippen LogP contribution is 2.23. The minimum atomic E-state index is -0.830. The molecule has 1 atom stereocenters. The summed E-state index contributed by atoms with van der Waals surface area (Å²) in [6.45, 7) is 1.95. The molecule has 2 rings (SSSR count). The second kappa shape index (κ2) is 5.85. The van der Waals surface area contributed by atoms with Crippen molar-refractivity contribution in [1.82, 2.24) is 0 Å². The monoisotopic (exact) mass is 317 g/mol. The van der Waals surface area contributed by atoms with Gasteiger partial charge in [0.1, 0.15) is 11.7 Å². The van der Waals surface area contributed by atoms with E-state index in [2.05, 4.69) is 15.9 Å². The van der Waals surface area contributed by atoms with Gasteiger partial charge in [-0.05, 0) is 29.8 Å². The zero-order chi connectivity index (χ0) is 13.8. The van der Waals surface area contributed by atoms with Crippen molar-refractivity contribution in [2.45, 2.75) is 19.3 Å². The van der Waals surface area contributed by atoms with Crippen molar-refractivity contribution in [3.05, 3.63) is 58.0 Å². The lowest BCUT2D eigenvalue weighted by Crippen LogP contribution is -2.10. The van der Waals surface area contributed by atoms with Crippen LogP contribution >= 0.6 is 15.9 Å². The number of furan rings is 1. The third-order valence-corrected chi connectivity index (χ3v) is 3.38. The van der Waals surface area contributed by atoms with Crippen molar-refractivity contribution >= 4 is 21.7 Å².